The number of imide groups is 1. The van der Waals surface area contributed by atoms with Crippen LogP contribution in [0.3, 0.4) is 0 Å². The largest absolute Gasteiger partial charge is 0.326 e. The number of nitrogens with one attached hydrogen (secondary N) is 1. The first kappa shape index (κ1) is 15.1. The Morgan fingerprint density at radius 2 is 1.71 bits per heavy atom. The smallest absolute Gasteiger partial charge is 0.322 e. The van der Waals surface area contributed by atoms with Gasteiger partial charge >= 0.3 is 6.03 Å². The van der Waals surface area contributed by atoms with Crippen molar-refractivity contribution in [3.05, 3.63) is 48.0 Å². The van der Waals surface area contributed by atoms with Crippen molar-refractivity contribution in [2.45, 2.75) is 25.3 Å². The minimum absolute atomic E-state index is 0.151. The van der Waals surface area contributed by atoms with E-state index in [9.17, 15) is 9.59 Å². The van der Waals surface area contributed by atoms with Gasteiger partial charge in [0.05, 0.1) is 6.67 Å². The zero-order valence-electron chi connectivity index (χ0n) is 13.6. The van der Waals surface area contributed by atoms with Crippen LogP contribution in [-0.2, 0) is 4.79 Å². The van der Waals surface area contributed by atoms with Gasteiger partial charge in [-0.2, -0.15) is 0 Å². The molecule has 0 radical (unpaired) electrons. The number of rotatable bonds is 3. The van der Waals surface area contributed by atoms with Gasteiger partial charge in [0.25, 0.3) is 5.91 Å². The summed E-state index contributed by atoms with van der Waals surface area (Å²) in [4.78, 5) is 28.7. The van der Waals surface area contributed by atoms with Crippen molar-refractivity contribution in [1.29, 1.82) is 0 Å². The van der Waals surface area contributed by atoms with Gasteiger partial charge in [0.2, 0.25) is 0 Å². The number of amides is 3. The monoisotopic (exact) mass is 323 g/mol. The Labute approximate surface area is 141 Å². The standard InChI is InChI=1S/C19H21N3O2/c23-18-17(16-10-6-8-14-7-2-3-9-15(14)16)20-19(24)22(18)13-21-11-4-1-5-12-21/h2-3,6-10,17H,1,4-5,11-13H2,(H,20,24). The van der Waals surface area contributed by atoms with Crippen LogP contribution in [0.2, 0.25) is 0 Å². The molecular weight excluding hydrogens is 302 g/mol. The number of carbonyl (C=O) groups is 2. The van der Waals surface area contributed by atoms with E-state index >= 15 is 0 Å². The van der Waals surface area contributed by atoms with Gasteiger partial charge in [-0.25, -0.2) is 9.69 Å². The van der Waals surface area contributed by atoms with Crippen molar-refractivity contribution in [3.63, 3.8) is 0 Å². The molecule has 2 fully saturated rings. The number of likely N-dealkylation sites (tertiary alicyclic amines) is 1. The molecule has 0 aliphatic carbocycles. The number of nitrogens with zero attached hydrogens (tertiary/aromatic N) is 2. The van der Waals surface area contributed by atoms with Gasteiger partial charge in [0, 0.05) is 0 Å². The second-order valence-electron chi connectivity index (χ2n) is 6.54. The van der Waals surface area contributed by atoms with Crippen molar-refractivity contribution in [2.24, 2.45) is 0 Å². The molecule has 2 aromatic carbocycles. The van der Waals surface area contributed by atoms with E-state index in [1.807, 2.05) is 42.5 Å². The van der Waals surface area contributed by atoms with Crippen molar-refractivity contribution < 1.29 is 9.59 Å². The van der Waals surface area contributed by atoms with Crippen LogP contribution in [0.4, 0.5) is 4.79 Å². The lowest BCUT2D eigenvalue weighted by Gasteiger charge is -2.29. The van der Waals surface area contributed by atoms with Gasteiger partial charge < -0.3 is 5.32 Å². The normalized spacial score (nSPS) is 22.2. The number of hydrogen-bond donors (Lipinski definition) is 1. The molecule has 1 N–H and O–H groups in total. The Balaban J connectivity index is 1.60. The van der Waals surface area contributed by atoms with Gasteiger partial charge in [-0.3, -0.25) is 9.69 Å². The van der Waals surface area contributed by atoms with Gasteiger partial charge in [-0.05, 0) is 42.3 Å². The third-order valence-electron chi connectivity index (χ3n) is 4.95. The lowest BCUT2D eigenvalue weighted by Crippen LogP contribution is -2.43. The summed E-state index contributed by atoms with van der Waals surface area (Å²) in [6.45, 7) is 2.30. The quantitative estimate of drug-likeness (QED) is 0.884. The van der Waals surface area contributed by atoms with E-state index in [2.05, 4.69) is 10.2 Å². The van der Waals surface area contributed by atoms with Gasteiger partial charge in [0.15, 0.2) is 0 Å². The molecule has 0 saturated carbocycles. The van der Waals surface area contributed by atoms with E-state index in [4.69, 9.17) is 0 Å². The summed E-state index contributed by atoms with van der Waals surface area (Å²) in [5, 5.41) is 4.95. The maximum Gasteiger partial charge on any atom is 0.326 e. The number of hydrogen-bond acceptors (Lipinski definition) is 3. The number of carbonyl (C=O) groups excluding carboxylic acids is 2. The number of urea groups is 1. The summed E-state index contributed by atoms with van der Waals surface area (Å²) < 4.78 is 0. The first-order chi connectivity index (χ1) is 11.7. The highest BCUT2D eigenvalue weighted by molar-refractivity contribution is 6.06. The van der Waals surface area contributed by atoms with Crippen LogP contribution in [0.15, 0.2) is 42.5 Å². The summed E-state index contributed by atoms with van der Waals surface area (Å²) in [6, 6.07) is 13.0. The maximum atomic E-state index is 12.8. The second kappa shape index (κ2) is 6.24. The topological polar surface area (TPSA) is 52.7 Å². The fourth-order valence-electron chi connectivity index (χ4n) is 3.67. The van der Waals surface area contributed by atoms with Crippen LogP contribution in [0.25, 0.3) is 10.8 Å². The number of fused-ring (bicyclic) bond motifs is 1. The molecule has 5 nitrogen and oxygen atoms in total. The molecule has 2 aliphatic heterocycles. The number of piperidine rings is 1. The summed E-state index contributed by atoms with van der Waals surface area (Å²) >= 11 is 0. The molecule has 0 spiro atoms. The fraction of sp³-hybridized carbons (Fsp3) is 0.368. The molecule has 3 amide bonds. The van der Waals surface area contributed by atoms with E-state index in [1.165, 1.54) is 11.3 Å². The molecule has 2 saturated heterocycles. The summed E-state index contributed by atoms with van der Waals surface area (Å²) in [5.41, 5.74) is 0.868. The Hall–Kier alpha value is -2.40. The van der Waals surface area contributed by atoms with Crippen molar-refractivity contribution >= 4 is 22.7 Å². The molecule has 0 aromatic heterocycles. The van der Waals surface area contributed by atoms with Gasteiger partial charge in [-0.1, -0.05) is 48.9 Å². The molecule has 1 unspecified atom stereocenters. The van der Waals surface area contributed by atoms with E-state index < -0.39 is 6.04 Å². The zero-order chi connectivity index (χ0) is 16.5. The van der Waals surface area contributed by atoms with E-state index in [0.29, 0.717) is 6.67 Å². The first-order valence-electron chi connectivity index (χ1n) is 8.56. The first-order valence-corrected chi connectivity index (χ1v) is 8.56. The molecular formula is C19H21N3O2. The molecule has 2 aliphatic rings. The van der Waals surface area contributed by atoms with E-state index in [0.717, 1.165) is 42.3 Å². The summed E-state index contributed by atoms with van der Waals surface area (Å²) in [5.74, 6) is -0.151. The highest BCUT2D eigenvalue weighted by atomic mass is 16.2. The lowest BCUT2D eigenvalue weighted by atomic mass is 9.99. The van der Waals surface area contributed by atoms with Crippen LogP contribution < -0.4 is 5.32 Å². The van der Waals surface area contributed by atoms with Crippen molar-refractivity contribution in [2.75, 3.05) is 19.8 Å². The van der Waals surface area contributed by atoms with Crippen LogP contribution in [0, 0.1) is 0 Å². The second-order valence-corrected chi connectivity index (χ2v) is 6.54. The van der Waals surface area contributed by atoms with Crippen LogP contribution in [0.1, 0.15) is 30.9 Å². The highest BCUT2D eigenvalue weighted by Gasteiger charge is 2.40. The van der Waals surface area contributed by atoms with Crippen LogP contribution >= 0.6 is 0 Å². The van der Waals surface area contributed by atoms with E-state index in [1.54, 1.807) is 0 Å². The van der Waals surface area contributed by atoms with Crippen molar-refractivity contribution in [3.8, 4) is 0 Å². The average molecular weight is 323 g/mol. The van der Waals surface area contributed by atoms with E-state index in [-0.39, 0.29) is 11.9 Å². The third-order valence-corrected chi connectivity index (χ3v) is 4.95. The SMILES string of the molecule is O=C1NC(c2cccc3ccccc23)C(=O)N1CN1CCCCC1. The minimum Gasteiger partial charge on any atom is -0.322 e. The molecule has 0 bridgehead atoms. The van der Waals surface area contributed by atoms with Gasteiger partial charge in [-0.15, -0.1) is 0 Å². The zero-order valence-corrected chi connectivity index (χ0v) is 13.6. The molecule has 124 valence electrons. The highest BCUT2D eigenvalue weighted by Crippen LogP contribution is 2.29. The predicted molar refractivity (Wildman–Crippen MR) is 92.4 cm³/mol. The summed E-state index contributed by atoms with van der Waals surface area (Å²) in [6.07, 6.45) is 3.50. The number of benzene rings is 2. The van der Waals surface area contributed by atoms with Gasteiger partial charge in [0.1, 0.15) is 6.04 Å². The molecule has 24 heavy (non-hydrogen) atoms. The molecule has 2 aromatic rings. The Morgan fingerprint density at radius 1 is 0.958 bits per heavy atom. The Bertz CT molecular complexity index is 778. The Morgan fingerprint density at radius 3 is 2.54 bits per heavy atom. The summed E-state index contributed by atoms with van der Waals surface area (Å²) in [7, 11) is 0. The molecule has 5 heteroatoms. The molecule has 2 heterocycles. The third kappa shape index (κ3) is 2.65. The van der Waals surface area contributed by atoms with Crippen molar-refractivity contribution in [1.82, 2.24) is 15.1 Å². The average Bonchev–Trinajstić information content (AvgIpc) is 2.90. The maximum absolute atomic E-state index is 12.8. The minimum atomic E-state index is -0.589. The lowest BCUT2D eigenvalue weighted by molar-refractivity contribution is -0.129. The molecule has 1 atom stereocenters. The van der Waals surface area contributed by atoms with Crippen LogP contribution in [0.5, 0.6) is 0 Å². The fourth-order valence-corrected chi connectivity index (χ4v) is 3.67. The predicted octanol–water partition coefficient (Wildman–Crippen LogP) is 2.88. The Kier molecular flexibility index (Phi) is 3.94. The van der Waals surface area contributed by atoms with Crippen LogP contribution in [-0.4, -0.2) is 41.5 Å². The molecule has 4 rings (SSSR count).